The van der Waals surface area contributed by atoms with Crippen molar-refractivity contribution in [2.24, 2.45) is 0 Å². The molecule has 0 aliphatic heterocycles. The third-order valence-electron chi connectivity index (χ3n) is 10.0. The van der Waals surface area contributed by atoms with Gasteiger partial charge < -0.3 is 9.47 Å². The summed E-state index contributed by atoms with van der Waals surface area (Å²) in [7, 11) is -5.98. The predicted octanol–water partition coefficient (Wildman–Crippen LogP) is 2.73. The lowest BCUT2D eigenvalue weighted by molar-refractivity contribution is -1.92. The lowest BCUT2D eigenvalue weighted by Gasteiger charge is -2.15. The Morgan fingerprint density at radius 3 is 0.766 bits per heavy atom. The minimum absolute atomic E-state index is 0.726. The first-order chi connectivity index (χ1) is 30.7. The van der Waals surface area contributed by atoms with Crippen LogP contribution in [-0.2, 0) is 13.1 Å². The summed E-state index contributed by atoms with van der Waals surface area (Å²) in [5, 5.41) is 0. The molecule has 0 aliphatic carbocycles. The van der Waals surface area contributed by atoms with Crippen molar-refractivity contribution in [3.8, 4) is 78.8 Å². The molecule has 0 aliphatic rings. The summed E-state index contributed by atoms with van der Waals surface area (Å²) in [6.07, 6.45) is 0. The van der Waals surface area contributed by atoms with Crippen LogP contribution in [0.1, 0.15) is 0 Å². The summed E-state index contributed by atoms with van der Waals surface area (Å²) in [5.41, 5.74) is 13.8. The summed E-state index contributed by atoms with van der Waals surface area (Å²) in [5.74, 6) is 1.68. The maximum Gasteiger partial charge on any atom is 0.213 e. The first-order valence-corrected chi connectivity index (χ1v) is 22.1. The fraction of sp³-hybridized carbons (Fsp3) is 0.0800. The molecule has 14 heteroatoms. The minimum atomic E-state index is -4.69. The molecule has 0 atom stereocenters. The van der Waals surface area contributed by atoms with Crippen LogP contribution in [0.4, 0.5) is 0 Å². The number of benzene rings is 6. The molecule has 0 amide bonds. The zero-order valence-corrected chi connectivity index (χ0v) is 36.2. The van der Waals surface area contributed by atoms with Crippen molar-refractivity contribution in [2.75, 3.05) is 14.2 Å². The van der Waals surface area contributed by atoms with E-state index in [2.05, 4.69) is 179 Å². The van der Waals surface area contributed by atoms with Crippen LogP contribution in [-0.4, -0.2) is 23.5 Å². The Labute approximate surface area is 375 Å². The molecule has 0 saturated heterocycles. The van der Waals surface area contributed by atoms with Crippen molar-refractivity contribution in [3.63, 3.8) is 0 Å². The molecule has 64 heavy (non-hydrogen) atoms. The Bertz CT molecular complexity index is 2380. The molecule has 12 nitrogen and oxygen atoms in total. The molecule has 8 rings (SSSR count). The fourth-order valence-corrected chi connectivity index (χ4v) is 7.22. The van der Waals surface area contributed by atoms with Gasteiger partial charge in [0.25, 0.3) is 0 Å². The molecule has 0 bridgehead atoms. The van der Waals surface area contributed by atoms with Crippen molar-refractivity contribution in [3.05, 3.63) is 194 Å². The molecule has 0 radical (unpaired) electrons. The first kappa shape index (κ1) is 47.0. The van der Waals surface area contributed by atoms with Gasteiger partial charge in [0.15, 0.2) is 0 Å². The molecule has 2 N–H and O–H groups in total. The van der Waals surface area contributed by atoms with Crippen LogP contribution in [0.2, 0.25) is 0 Å². The first-order valence-electron chi connectivity index (χ1n) is 19.6. The second-order valence-corrected chi connectivity index (χ2v) is 15.6. The van der Waals surface area contributed by atoms with E-state index in [1.54, 1.807) is 14.2 Å². The molecule has 0 fully saturated rings. The van der Waals surface area contributed by atoms with E-state index in [1.165, 1.54) is 0 Å². The Kier molecular flexibility index (Phi) is 15.9. The second-order valence-electron chi connectivity index (χ2n) is 14.0. The summed E-state index contributed by atoms with van der Waals surface area (Å²) in [6, 6.07) is 69.0. The Morgan fingerprint density at radius 2 is 0.562 bits per heavy atom. The van der Waals surface area contributed by atoms with E-state index in [-0.39, 0.29) is 0 Å². The van der Waals surface area contributed by atoms with Gasteiger partial charge in [-0.05, 0) is 95.1 Å². The monoisotopic (exact) mass is 902 g/mol. The molecule has 2 heterocycles. The number of hydrogen-bond acceptors (Lipinski definition) is 10. The van der Waals surface area contributed by atoms with Crippen LogP contribution < -0.4 is 46.6 Å². The average molecular weight is 904 g/mol. The molecule has 326 valence electrons. The van der Waals surface area contributed by atoms with Crippen LogP contribution in [0.5, 0.6) is 11.5 Å². The van der Waals surface area contributed by atoms with Crippen LogP contribution in [0, 0.1) is 20.5 Å². The number of halogens is 2. The largest absolute Gasteiger partial charge is 0.497 e. The molecule has 0 spiro atoms. The number of nitrogens with zero attached hydrogens (tertiary/aromatic N) is 2. The van der Waals surface area contributed by atoms with Crippen molar-refractivity contribution < 1.29 is 76.4 Å². The van der Waals surface area contributed by atoms with Gasteiger partial charge in [0.1, 0.15) is 11.5 Å². The molecule has 8 aromatic rings. The van der Waals surface area contributed by atoms with Crippen molar-refractivity contribution in [1.82, 2.24) is 0 Å². The maximum atomic E-state index is 8.60. The van der Waals surface area contributed by atoms with Crippen LogP contribution in [0.15, 0.2) is 194 Å². The average Bonchev–Trinajstić information content (AvgIpc) is 3.30. The highest BCUT2D eigenvalue weighted by molar-refractivity contribution is 5.75. The van der Waals surface area contributed by atoms with E-state index < -0.39 is 20.5 Å². The number of aromatic nitrogens is 2. The maximum absolute atomic E-state index is 8.60. The number of methoxy groups -OCH3 is 2. The number of rotatable bonds is 11. The SMILES string of the molecule is COc1ccc(-c2cc(-c3ccccc3)[n+](CC[n+]3c(-c4ccccc4)cc(-c4ccc(OC)cc4)cc3-c3ccccc3)c(-c3ccccc3)c2)cc1.[O-][Cl+3]([O-])([O-])O.[O-][Cl+3]([O-])([O-])O. The van der Waals surface area contributed by atoms with Gasteiger partial charge in [-0.2, -0.15) is 37.1 Å². The zero-order valence-electron chi connectivity index (χ0n) is 34.7. The topological polar surface area (TPSA) is 205 Å². The van der Waals surface area contributed by atoms with Gasteiger partial charge in [-0.15, -0.1) is 0 Å². The summed E-state index contributed by atoms with van der Waals surface area (Å²) in [6.45, 7) is 1.45. The summed E-state index contributed by atoms with van der Waals surface area (Å²) in [4.78, 5) is 0. The van der Waals surface area contributed by atoms with Gasteiger partial charge in [-0.3, -0.25) is 0 Å². The smallest absolute Gasteiger partial charge is 0.213 e. The van der Waals surface area contributed by atoms with Gasteiger partial charge in [-0.1, -0.05) is 97.1 Å². The quantitative estimate of drug-likeness (QED) is 0.182. The Balaban J connectivity index is 0.000000615. The molecule has 0 unspecified atom stereocenters. The predicted molar refractivity (Wildman–Crippen MR) is 223 cm³/mol. The van der Waals surface area contributed by atoms with Gasteiger partial charge in [-0.25, -0.2) is 0 Å². The molecule has 0 saturated carbocycles. The van der Waals surface area contributed by atoms with Gasteiger partial charge >= 0.3 is 0 Å². The van der Waals surface area contributed by atoms with Crippen molar-refractivity contribution >= 4 is 0 Å². The third-order valence-corrected chi connectivity index (χ3v) is 10.0. The highest BCUT2D eigenvalue weighted by Gasteiger charge is 2.28. The molecule has 6 aromatic carbocycles. The van der Waals surface area contributed by atoms with E-state index >= 15 is 0 Å². The van der Waals surface area contributed by atoms with E-state index in [9.17, 15) is 0 Å². The molecular weight excluding hydrogens is 859 g/mol. The second kappa shape index (κ2) is 21.7. The van der Waals surface area contributed by atoms with Crippen molar-refractivity contribution in [1.29, 1.82) is 0 Å². The van der Waals surface area contributed by atoms with Crippen LogP contribution >= 0.6 is 0 Å². The number of ether oxygens (including phenoxy) is 2. The Morgan fingerprint density at radius 1 is 0.344 bits per heavy atom. The third kappa shape index (κ3) is 13.5. The number of hydrogen-bond donors (Lipinski definition) is 2. The minimum Gasteiger partial charge on any atom is -0.497 e. The lowest BCUT2D eigenvalue weighted by Crippen LogP contribution is -2.58. The van der Waals surface area contributed by atoms with E-state index in [0.717, 1.165) is 91.9 Å². The molecular formula is C50H44Cl2N2O10+2. The standard InChI is InChI=1S/C50H42N2O2.2ClHO4/c1-53-45-27-23-37(24-28-45)43-33-47(39-15-7-3-8-16-39)51(48(34-43)40-17-9-4-10-18-40)31-32-52-49(41-19-11-5-12-20-41)35-44(38-25-29-46(54-2)30-26-38)36-50(52)42-21-13-6-14-22-42;2*2-1(3,4)5/h3-30,33-36H,31-32H2,1-2H3;2*(H,2,3,4,5)/q+2;;. The number of pyridine rings is 2. The van der Waals surface area contributed by atoms with Crippen LogP contribution in [0.25, 0.3) is 67.3 Å². The summed E-state index contributed by atoms with van der Waals surface area (Å²) < 4.78 is 81.4. The highest BCUT2D eigenvalue weighted by Crippen LogP contribution is 2.32. The van der Waals surface area contributed by atoms with Gasteiger partial charge in [0.05, 0.1) is 44.0 Å². The highest BCUT2D eigenvalue weighted by atomic mass is 35.7. The van der Waals surface area contributed by atoms with E-state index in [0.29, 0.717) is 0 Å². The Hall–Kier alpha value is -6.52. The van der Waals surface area contributed by atoms with Gasteiger partial charge in [0.2, 0.25) is 35.9 Å². The molecule has 2 aromatic heterocycles. The van der Waals surface area contributed by atoms with Crippen LogP contribution in [0.3, 0.4) is 0 Å². The van der Waals surface area contributed by atoms with Crippen molar-refractivity contribution in [2.45, 2.75) is 13.1 Å². The lowest BCUT2D eigenvalue weighted by atomic mass is 9.98. The van der Waals surface area contributed by atoms with E-state index in [1.807, 2.05) is 24.3 Å². The fourth-order valence-electron chi connectivity index (χ4n) is 7.22. The van der Waals surface area contributed by atoms with E-state index in [4.69, 9.17) is 46.7 Å². The summed E-state index contributed by atoms with van der Waals surface area (Å²) >= 11 is 0. The van der Waals surface area contributed by atoms with Gasteiger partial charge in [0, 0.05) is 46.5 Å². The zero-order chi connectivity index (χ0) is 45.7. The normalized spacial score (nSPS) is 11.1.